The van der Waals surface area contributed by atoms with Crippen LogP contribution in [0.25, 0.3) is 0 Å². The Hall–Kier alpha value is -1.26. The van der Waals surface area contributed by atoms with Gasteiger partial charge < -0.3 is 0 Å². The zero-order chi connectivity index (χ0) is 14.1. The van der Waals surface area contributed by atoms with E-state index in [0.29, 0.717) is 6.42 Å². The van der Waals surface area contributed by atoms with Crippen LogP contribution in [-0.2, 0) is 0 Å². The van der Waals surface area contributed by atoms with E-state index in [1.54, 1.807) is 41.7 Å². The maximum absolute atomic E-state index is 13.6. The van der Waals surface area contributed by atoms with Crippen molar-refractivity contribution in [2.75, 3.05) is 0 Å². The Morgan fingerprint density at radius 2 is 1.90 bits per heavy atom. The van der Waals surface area contributed by atoms with E-state index >= 15 is 0 Å². The molecule has 0 fully saturated rings. The molecule has 1 unspecified atom stereocenters. The Labute approximate surface area is 126 Å². The molecule has 3 rings (SSSR count). The molecule has 102 valence electrons. The van der Waals surface area contributed by atoms with Crippen molar-refractivity contribution in [3.05, 3.63) is 59.4 Å². The van der Waals surface area contributed by atoms with Crippen LogP contribution in [-0.4, -0.2) is 10.4 Å². The third-order valence-corrected chi connectivity index (χ3v) is 5.91. The number of fused-ring (bicyclic) bond motifs is 1. The van der Waals surface area contributed by atoms with Crippen LogP contribution >= 0.6 is 23.5 Å². The predicted molar refractivity (Wildman–Crippen MR) is 82.0 cm³/mol. The van der Waals surface area contributed by atoms with E-state index in [-0.39, 0.29) is 15.9 Å². The van der Waals surface area contributed by atoms with Crippen molar-refractivity contribution < 1.29 is 9.18 Å². The van der Waals surface area contributed by atoms with E-state index in [1.807, 2.05) is 0 Å². The number of halogens is 1. The van der Waals surface area contributed by atoms with E-state index in [2.05, 4.69) is 25.1 Å². The summed E-state index contributed by atoms with van der Waals surface area (Å²) in [7, 11) is 0. The summed E-state index contributed by atoms with van der Waals surface area (Å²) in [5.74, 6) is -0.559. The number of carbonyl (C=O) groups excluding carboxylic acids is 1. The Kier molecular flexibility index (Phi) is 3.85. The van der Waals surface area contributed by atoms with E-state index in [1.165, 1.54) is 21.4 Å². The van der Waals surface area contributed by atoms with Crippen LogP contribution < -0.4 is 0 Å². The Balaban J connectivity index is 1.72. The molecule has 0 aromatic heterocycles. The molecule has 2 aromatic rings. The summed E-state index contributed by atoms with van der Waals surface area (Å²) in [5.41, 5.74) is 1.42. The van der Waals surface area contributed by atoms with Gasteiger partial charge in [-0.1, -0.05) is 18.2 Å². The molecule has 4 heteroatoms. The lowest BCUT2D eigenvalue weighted by Crippen LogP contribution is -2.07. The monoisotopic (exact) mass is 304 g/mol. The number of thioether (sulfide) groups is 2. The smallest absolute Gasteiger partial charge is 0.167 e. The number of ketones is 1. The van der Waals surface area contributed by atoms with E-state index in [0.717, 1.165) is 0 Å². The highest BCUT2D eigenvalue weighted by Gasteiger charge is 2.26. The van der Waals surface area contributed by atoms with E-state index in [9.17, 15) is 9.18 Å². The molecule has 0 saturated carbocycles. The molecule has 0 bridgehead atoms. The molecule has 20 heavy (non-hydrogen) atoms. The van der Waals surface area contributed by atoms with Crippen molar-refractivity contribution in [2.45, 2.75) is 27.7 Å². The molecule has 0 amide bonds. The standard InChI is InChI=1S/C16H13FOS2/c1-10-6-7-14-15(8-10)20-16(19-14)9-13(18)11-4-2-3-5-12(11)17/h2-8,16H,9H2,1H3. The lowest BCUT2D eigenvalue weighted by molar-refractivity contribution is 0.0984. The van der Waals surface area contributed by atoms with Gasteiger partial charge in [0.1, 0.15) is 5.82 Å². The van der Waals surface area contributed by atoms with Crippen LogP contribution in [0.1, 0.15) is 22.3 Å². The summed E-state index contributed by atoms with van der Waals surface area (Å²) in [6, 6.07) is 12.5. The zero-order valence-electron chi connectivity index (χ0n) is 10.9. The molecule has 1 nitrogen and oxygen atoms in total. The molecule has 0 saturated heterocycles. The van der Waals surface area contributed by atoms with Gasteiger partial charge in [0, 0.05) is 16.2 Å². The maximum Gasteiger partial charge on any atom is 0.167 e. The van der Waals surface area contributed by atoms with Crippen LogP contribution in [0.4, 0.5) is 4.39 Å². The Morgan fingerprint density at radius 1 is 1.15 bits per heavy atom. The minimum absolute atomic E-state index is 0.127. The van der Waals surface area contributed by atoms with Crippen molar-refractivity contribution in [1.29, 1.82) is 0 Å². The van der Waals surface area contributed by atoms with Gasteiger partial charge in [0.25, 0.3) is 0 Å². The van der Waals surface area contributed by atoms with Crippen LogP contribution in [0, 0.1) is 12.7 Å². The second-order valence-corrected chi connectivity index (χ2v) is 7.51. The average molecular weight is 304 g/mol. The molecule has 1 aliphatic rings. The highest BCUT2D eigenvalue weighted by Crippen LogP contribution is 2.49. The molecule has 0 radical (unpaired) electrons. The first-order valence-corrected chi connectivity index (χ1v) is 8.11. The van der Waals surface area contributed by atoms with Gasteiger partial charge in [0.2, 0.25) is 0 Å². The van der Waals surface area contributed by atoms with Crippen molar-refractivity contribution in [1.82, 2.24) is 0 Å². The SMILES string of the molecule is Cc1ccc2c(c1)SC(CC(=O)c1ccccc1F)S2. The summed E-state index contributed by atoms with van der Waals surface area (Å²) in [5, 5.41) is 0. The quantitative estimate of drug-likeness (QED) is 0.748. The molecule has 1 atom stereocenters. The van der Waals surface area contributed by atoms with Crippen LogP contribution in [0.15, 0.2) is 52.3 Å². The second kappa shape index (κ2) is 5.62. The van der Waals surface area contributed by atoms with Crippen LogP contribution in [0.3, 0.4) is 0 Å². The number of hydrogen-bond acceptors (Lipinski definition) is 3. The average Bonchev–Trinajstić information content (AvgIpc) is 2.80. The van der Waals surface area contributed by atoms with E-state index in [4.69, 9.17) is 0 Å². The first-order valence-electron chi connectivity index (χ1n) is 6.35. The summed E-state index contributed by atoms with van der Waals surface area (Å²) in [4.78, 5) is 14.6. The summed E-state index contributed by atoms with van der Waals surface area (Å²) >= 11 is 3.39. The lowest BCUT2D eigenvalue weighted by Gasteiger charge is -2.07. The molecule has 0 aliphatic carbocycles. The minimum atomic E-state index is -0.432. The summed E-state index contributed by atoms with van der Waals surface area (Å²) in [6.45, 7) is 2.06. The molecule has 0 spiro atoms. The van der Waals surface area contributed by atoms with Crippen LogP contribution in [0.5, 0.6) is 0 Å². The summed E-state index contributed by atoms with van der Waals surface area (Å²) < 4.78 is 13.7. The zero-order valence-corrected chi connectivity index (χ0v) is 12.6. The van der Waals surface area contributed by atoms with Gasteiger partial charge in [-0.3, -0.25) is 4.79 Å². The summed E-state index contributed by atoms with van der Waals surface area (Å²) in [6.07, 6.45) is 0.351. The van der Waals surface area contributed by atoms with Crippen LogP contribution in [0.2, 0.25) is 0 Å². The molecular weight excluding hydrogens is 291 g/mol. The normalized spacial score (nSPS) is 17.0. The van der Waals surface area contributed by atoms with Crippen molar-refractivity contribution in [3.8, 4) is 0 Å². The third kappa shape index (κ3) is 2.76. The molecule has 1 aliphatic heterocycles. The second-order valence-electron chi connectivity index (χ2n) is 4.72. The number of rotatable bonds is 3. The minimum Gasteiger partial charge on any atom is -0.294 e. The molecule has 1 heterocycles. The van der Waals surface area contributed by atoms with Gasteiger partial charge in [0.15, 0.2) is 5.78 Å². The fraction of sp³-hybridized carbons (Fsp3) is 0.188. The fourth-order valence-electron chi connectivity index (χ4n) is 2.14. The molecular formula is C16H13FOS2. The largest absolute Gasteiger partial charge is 0.294 e. The lowest BCUT2D eigenvalue weighted by atomic mass is 10.1. The Bertz CT molecular complexity index is 669. The van der Waals surface area contributed by atoms with Crippen molar-refractivity contribution >= 4 is 29.3 Å². The van der Waals surface area contributed by atoms with Gasteiger partial charge in [-0.25, -0.2) is 4.39 Å². The van der Waals surface area contributed by atoms with Gasteiger partial charge in [0.05, 0.1) is 10.1 Å². The molecule has 2 aromatic carbocycles. The first-order chi connectivity index (χ1) is 9.63. The third-order valence-electron chi connectivity index (χ3n) is 3.14. The highest BCUT2D eigenvalue weighted by molar-refractivity contribution is 8.19. The van der Waals surface area contributed by atoms with Crippen molar-refractivity contribution in [2.24, 2.45) is 0 Å². The van der Waals surface area contributed by atoms with Gasteiger partial charge >= 0.3 is 0 Å². The number of carbonyl (C=O) groups is 1. The van der Waals surface area contributed by atoms with E-state index < -0.39 is 5.82 Å². The number of Topliss-reactive ketones (excluding diaryl/α,β-unsaturated/α-hetero) is 1. The number of aryl methyl sites for hydroxylation is 1. The maximum atomic E-state index is 13.6. The predicted octanol–water partition coefficient (Wildman–Crippen LogP) is 4.93. The van der Waals surface area contributed by atoms with Gasteiger partial charge in [-0.05, 0) is 36.8 Å². The number of benzene rings is 2. The first kappa shape index (κ1) is 13.7. The topological polar surface area (TPSA) is 17.1 Å². The highest BCUT2D eigenvalue weighted by atomic mass is 32.2. The number of hydrogen-bond donors (Lipinski definition) is 0. The van der Waals surface area contributed by atoms with Gasteiger partial charge in [-0.15, -0.1) is 23.5 Å². The Morgan fingerprint density at radius 3 is 2.70 bits per heavy atom. The molecule has 0 N–H and O–H groups in total. The van der Waals surface area contributed by atoms with Gasteiger partial charge in [-0.2, -0.15) is 0 Å². The van der Waals surface area contributed by atoms with Crippen molar-refractivity contribution in [3.63, 3.8) is 0 Å². The fourth-order valence-corrected chi connectivity index (χ4v) is 5.04.